The molecule has 2 N–H and O–H groups in total. The predicted molar refractivity (Wildman–Crippen MR) is 73.5 cm³/mol. The van der Waals surface area contributed by atoms with Crippen LogP contribution in [0.25, 0.3) is 0 Å². The molecule has 0 aromatic carbocycles. The van der Waals surface area contributed by atoms with E-state index in [0.717, 1.165) is 23.8 Å². The summed E-state index contributed by atoms with van der Waals surface area (Å²) < 4.78 is 5.34. The quantitative estimate of drug-likeness (QED) is 0.830. The van der Waals surface area contributed by atoms with Crippen molar-refractivity contribution in [3.8, 4) is 5.75 Å². The second-order valence-electron chi connectivity index (χ2n) is 5.29. The van der Waals surface area contributed by atoms with Gasteiger partial charge in [-0.25, -0.2) is 0 Å². The van der Waals surface area contributed by atoms with Gasteiger partial charge in [0.15, 0.2) is 0 Å². The van der Waals surface area contributed by atoms with Crippen molar-refractivity contribution >= 4 is 0 Å². The van der Waals surface area contributed by atoms with Crippen molar-refractivity contribution in [3.63, 3.8) is 0 Å². The first-order chi connectivity index (χ1) is 8.81. The summed E-state index contributed by atoms with van der Waals surface area (Å²) in [6.07, 6.45) is 11.0. The fraction of sp³-hybridized carbons (Fsp3) is 0.667. The van der Waals surface area contributed by atoms with E-state index >= 15 is 0 Å². The van der Waals surface area contributed by atoms with Gasteiger partial charge in [0, 0.05) is 6.20 Å². The van der Waals surface area contributed by atoms with Crippen LogP contribution in [0.3, 0.4) is 0 Å². The standard InChI is InChI=1S/C15H24N2O/c1-18-14-9-6-10-17-15(14)13(16)11-12-7-4-2-3-5-8-12/h6,9-10,12-13H,2-5,7-8,11,16H2,1H3. The molecule has 18 heavy (non-hydrogen) atoms. The molecule has 0 bridgehead atoms. The summed E-state index contributed by atoms with van der Waals surface area (Å²) in [5, 5.41) is 0. The van der Waals surface area contributed by atoms with E-state index in [0.29, 0.717) is 0 Å². The number of methoxy groups -OCH3 is 1. The van der Waals surface area contributed by atoms with E-state index in [4.69, 9.17) is 10.5 Å². The lowest BCUT2D eigenvalue weighted by molar-refractivity contribution is 0.368. The van der Waals surface area contributed by atoms with Crippen LogP contribution >= 0.6 is 0 Å². The summed E-state index contributed by atoms with van der Waals surface area (Å²) in [5.74, 6) is 1.58. The van der Waals surface area contributed by atoms with E-state index in [2.05, 4.69) is 4.98 Å². The Morgan fingerprint density at radius 2 is 2.06 bits per heavy atom. The SMILES string of the molecule is COc1cccnc1C(N)CC1CCCCCC1. The molecule has 1 heterocycles. The summed E-state index contributed by atoms with van der Waals surface area (Å²) in [6.45, 7) is 0. The van der Waals surface area contributed by atoms with Gasteiger partial charge in [-0.3, -0.25) is 4.98 Å². The van der Waals surface area contributed by atoms with Crippen LogP contribution in [0.4, 0.5) is 0 Å². The molecule has 1 aromatic rings. The van der Waals surface area contributed by atoms with Gasteiger partial charge in [-0.05, 0) is 24.5 Å². The minimum absolute atomic E-state index is 0.00394. The maximum Gasteiger partial charge on any atom is 0.141 e. The zero-order valence-electron chi connectivity index (χ0n) is 11.3. The second-order valence-corrected chi connectivity index (χ2v) is 5.29. The predicted octanol–water partition coefficient (Wildman–Crippen LogP) is 3.45. The van der Waals surface area contributed by atoms with Gasteiger partial charge in [-0.2, -0.15) is 0 Å². The van der Waals surface area contributed by atoms with Crippen LogP contribution in [0.1, 0.15) is 56.7 Å². The van der Waals surface area contributed by atoms with Crippen molar-refractivity contribution < 1.29 is 4.74 Å². The van der Waals surface area contributed by atoms with Crippen LogP contribution in [0, 0.1) is 5.92 Å². The van der Waals surface area contributed by atoms with E-state index in [1.165, 1.54) is 38.5 Å². The number of aromatic nitrogens is 1. The lowest BCUT2D eigenvalue weighted by atomic mass is 9.91. The first kappa shape index (κ1) is 13.3. The maximum atomic E-state index is 6.31. The second kappa shape index (κ2) is 6.74. The van der Waals surface area contributed by atoms with E-state index < -0.39 is 0 Å². The lowest BCUT2D eigenvalue weighted by Gasteiger charge is -2.20. The number of hydrogen-bond donors (Lipinski definition) is 1. The Hall–Kier alpha value is -1.09. The Kier molecular flexibility index (Phi) is 5.00. The number of rotatable bonds is 4. The number of ether oxygens (including phenoxy) is 1. The summed E-state index contributed by atoms with van der Waals surface area (Å²) in [5.41, 5.74) is 7.22. The minimum atomic E-state index is 0.00394. The topological polar surface area (TPSA) is 48.1 Å². The van der Waals surface area contributed by atoms with Gasteiger partial charge in [0.05, 0.1) is 18.8 Å². The highest BCUT2D eigenvalue weighted by molar-refractivity contribution is 5.29. The molecule has 1 saturated carbocycles. The van der Waals surface area contributed by atoms with Gasteiger partial charge in [-0.1, -0.05) is 38.5 Å². The van der Waals surface area contributed by atoms with Crippen molar-refractivity contribution in [1.82, 2.24) is 4.98 Å². The minimum Gasteiger partial charge on any atom is -0.495 e. The van der Waals surface area contributed by atoms with Crippen molar-refractivity contribution in [2.24, 2.45) is 11.7 Å². The molecule has 1 aliphatic carbocycles. The molecule has 1 unspecified atom stereocenters. The van der Waals surface area contributed by atoms with E-state index in [9.17, 15) is 0 Å². The molecule has 3 nitrogen and oxygen atoms in total. The Bertz CT molecular complexity index is 359. The fourth-order valence-corrected chi connectivity index (χ4v) is 2.92. The molecule has 1 aliphatic rings. The van der Waals surface area contributed by atoms with Gasteiger partial charge < -0.3 is 10.5 Å². The Balaban J connectivity index is 1.99. The first-order valence-electron chi connectivity index (χ1n) is 7.05. The summed E-state index contributed by atoms with van der Waals surface area (Å²) in [4.78, 5) is 4.39. The Morgan fingerprint density at radius 3 is 2.72 bits per heavy atom. The lowest BCUT2D eigenvalue weighted by Crippen LogP contribution is -2.17. The Labute approximate surface area is 110 Å². The van der Waals surface area contributed by atoms with Gasteiger partial charge in [0.2, 0.25) is 0 Å². The molecule has 100 valence electrons. The molecule has 0 saturated heterocycles. The molecular weight excluding hydrogens is 224 g/mol. The highest BCUT2D eigenvalue weighted by Gasteiger charge is 2.19. The number of nitrogens with zero attached hydrogens (tertiary/aromatic N) is 1. The van der Waals surface area contributed by atoms with Gasteiger partial charge in [0.1, 0.15) is 5.75 Å². The third-order valence-corrected chi connectivity index (χ3v) is 3.93. The zero-order valence-corrected chi connectivity index (χ0v) is 11.3. The van der Waals surface area contributed by atoms with Crippen molar-refractivity contribution in [2.75, 3.05) is 7.11 Å². The number of nitrogens with two attached hydrogens (primary N) is 1. The van der Waals surface area contributed by atoms with E-state index in [1.807, 2.05) is 12.1 Å². The summed E-state index contributed by atoms with van der Waals surface area (Å²) in [7, 11) is 1.68. The third kappa shape index (κ3) is 3.45. The van der Waals surface area contributed by atoms with Crippen molar-refractivity contribution in [3.05, 3.63) is 24.0 Å². The largest absolute Gasteiger partial charge is 0.495 e. The van der Waals surface area contributed by atoms with Crippen LogP contribution in [0.2, 0.25) is 0 Å². The summed E-state index contributed by atoms with van der Waals surface area (Å²) in [6, 6.07) is 3.83. The van der Waals surface area contributed by atoms with Gasteiger partial charge >= 0.3 is 0 Å². The fourth-order valence-electron chi connectivity index (χ4n) is 2.92. The highest BCUT2D eigenvalue weighted by atomic mass is 16.5. The monoisotopic (exact) mass is 248 g/mol. The summed E-state index contributed by atoms with van der Waals surface area (Å²) >= 11 is 0. The molecule has 0 radical (unpaired) electrons. The molecule has 1 atom stereocenters. The van der Waals surface area contributed by atoms with E-state index in [1.54, 1.807) is 13.3 Å². The number of pyridine rings is 1. The molecule has 2 rings (SSSR count). The van der Waals surface area contributed by atoms with Crippen LogP contribution < -0.4 is 10.5 Å². The molecule has 0 aliphatic heterocycles. The van der Waals surface area contributed by atoms with Crippen LogP contribution in [-0.2, 0) is 0 Å². The number of hydrogen-bond acceptors (Lipinski definition) is 3. The third-order valence-electron chi connectivity index (χ3n) is 3.93. The van der Waals surface area contributed by atoms with E-state index in [-0.39, 0.29) is 6.04 Å². The van der Waals surface area contributed by atoms with Crippen molar-refractivity contribution in [1.29, 1.82) is 0 Å². The Morgan fingerprint density at radius 1 is 1.33 bits per heavy atom. The molecule has 1 fully saturated rings. The van der Waals surface area contributed by atoms with Gasteiger partial charge in [0.25, 0.3) is 0 Å². The normalized spacial score (nSPS) is 19.2. The maximum absolute atomic E-state index is 6.31. The molecule has 0 amide bonds. The highest BCUT2D eigenvalue weighted by Crippen LogP contribution is 2.31. The van der Waals surface area contributed by atoms with Crippen LogP contribution in [0.15, 0.2) is 18.3 Å². The smallest absolute Gasteiger partial charge is 0.141 e. The van der Waals surface area contributed by atoms with Gasteiger partial charge in [-0.15, -0.1) is 0 Å². The molecule has 0 spiro atoms. The molecule has 3 heteroatoms. The average Bonchev–Trinajstić information content (AvgIpc) is 2.67. The first-order valence-corrected chi connectivity index (χ1v) is 7.05. The van der Waals surface area contributed by atoms with Crippen LogP contribution in [-0.4, -0.2) is 12.1 Å². The molecular formula is C15H24N2O. The van der Waals surface area contributed by atoms with Crippen LogP contribution in [0.5, 0.6) is 5.75 Å². The molecule has 1 aromatic heterocycles. The zero-order chi connectivity index (χ0) is 12.8. The van der Waals surface area contributed by atoms with Crippen molar-refractivity contribution in [2.45, 2.75) is 51.0 Å². The average molecular weight is 248 g/mol.